The topological polar surface area (TPSA) is 20.2 Å². The second-order valence-corrected chi connectivity index (χ2v) is 1.91. The van der Waals surface area contributed by atoms with Gasteiger partial charge in [-0.2, -0.15) is 13.2 Å². The lowest BCUT2D eigenvalue weighted by molar-refractivity contribution is -0.181. The SMILES string of the molecule is OCCC(CF)C(F)(F)F. The summed E-state index contributed by atoms with van der Waals surface area (Å²) in [7, 11) is 0. The van der Waals surface area contributed by atoms with Gasteiger partial charge in [0.1, 0.15) is 6.67 Å². The summed E-state index contributed by atoms with van der Waals surface area (Å²) in [6.45, 7) is -2.09. The molecular formula is C5H8F4O. The van der Waals surface area contributed by atoms with Crippen molar-refractivity contribution in [2.24, 2.45) is 5.92 Å². The van der Waals surface area contributed by atoms with Crippen LogP contribution in [0, 0.1) is 5.92 Å². The molecule has 5 heteroatoms. The van der Waals surface area contributed by atoms with Gasteiger partial charge in [0.25, 0.3) is 0 Å². The van der Waals surface area contributed by atoms with Crippen molar-refractivity contribution in [2.75, 3.05) is 13.3 Å². The van der Waals surface area contributed by atoms with E-state index in [2.05, 4.69) is 0 Å². The van der Waals surface area contributed by atoms with E-state index in [-0.39, 0.29) is 0 Å². The van der Waals surface area contributed by atoms with E-state index < -0.39 is 31.8 Å². The Bertz CT molecular complexity index is 90.1. The number of hydrogen-bond donors (Lipinski definition) is 1. The van der Waals surface area contributed by atoms with Gasteiger partial charge in [-0.05, 0) is 6.42 Å². The Morgan fingerprint density at radius 1 is 1.30 bits per heavy atom. The van der Waals surface area contributed by atoms with Crippen LogP contribution in [-0.2, 0) is 0 Å². The van der Waals surface area contributed by atoms with Gasteiger partial charge in [0, 0.05) is 6.61 Å². The van der Waals surface area contributed by atoms with Crippen LogP contribution in [0.4, 0.5) is 17.6 Å². The van der Waals surface area contributed by atoms with E-state index in [1.165, 1.54) is 0 Å². The minimum Gasteiger partial charge on any atom is -0.396 e. The molecule has 1 nitrogen and oxygen atoms in total. The number of aliphatic hydroxyl groups is 1. The van der Waals surface area contributed by atoms with Crippen LogP contribution in [0.5, 0.6) is 0 Å². The largest absolute Gasteiger partial charge is 0.396 e. The minimum absolute atomic E-state index is 0.556. The summed E-state index contributed by atoms with van der Waals surface area (Å²) in [5.74, 6) is -2.00. The van der Waals surface area contributed by atoms with Crippen LogP contribution >= 0.6 is 0 Å². The van der Waals surface area contributed by atoms with Crippen LogP contribution in [0.3, 0.4) is 0 Å². The zero-order chi connectivity index (χ0) is 8.20. The highest BCUT2D eigenvalue weighted by Gasteiger charge is 2.38. The molecule has 0 aromatic heterocycles. The highest BCUT2D eigenvalue weighted by molar-refractivity contribution is 4.65. The van der Waals surface area contributed by atoms with Crippen LogP contribution in [0.1, 0.15) is 6.42 Å². The first kappa shape index (κ1) is 9.68. The molecule has 0 saturated carbocycles. The van der Waals surface area contributed by atoms with Crippen LogP contribution < -0.4 is 0 Å². The van der Waals surface area contributed by atoms with E-state index in [1.54, 1.807) is 0 Å². The van der Waals surface area contributed by atoms with Crippen molar-refractivity contribution in [3.05, 3.63) is 0 Å². The van der Waals surface area contributed by atoms with Gasteiger partial charge < -0.3 is 5.11 Å². The van der Waals surface area contributed by atoms with E-state index in [1.807, 2.05) is 0 Å². The molecule has 1 N–H and O–H groups in total. The Balaban J connectivity index is 3.81. The lowest BCUT2D eigenvalue weighted by Crippen LogP contribution is -2.25. The van der Waals surface area contributed by atoms with Crippen LogP contribution in [-0.4, -0.2) is 24.6 Å². The highest BCUT2D eigenvalue weighted by Crippen LogP contribution is 2.28. The Morgan fingerprint density at radius 2 is 1.80 bits per heavy atom. The second-order valence-electron chi connectivity index (χ2n) is 1.91. The normalized spacial score (nSPS) is 15.3. The molecule has 10 heavy (non-hydrogen) atoms. The molecule has 0 spiro atoms. The fraction of sp³-hybridized carbons (Fsp3) is 1.00. The molecule has 62 valence electrons. The second kappa shape index (κ2) is 3.75. The van der Waals surface area contributed by atoms with Gasteiger partial charge in [0.2, 0.25) is 0 Å². The van der Waals surface area contributed by atoms with Crippen molar-refractivity contribution < 1.29 is 22.7 Å². The molecule has 0 aromatic rings. The Kier molecular flexibility index (Phi) is 3.63. The standard InChI is InChI=1S/C5H8F4O/c6-3-4(1-2-10)5(7,8)9/h4,10H,1-3H2. The predicted octanol–water partition coefficient (Wildman–Crippen LogP) is 1.52. The van der Waals surface area contributed by atoms with Gasteiger partial charge in [-0.1, -0.05) is 0 Å². The monoisotopic (exact) mass is 160 g/mol. The molecule has 0 rings (SSSR count). The number of rotatable bonds is 3. The summed E-state index contributed by atoms with van der Waals surface area (Å²) >= 11 is 0. The molecule has 1 unspecified atom stereocenters. The molecule has 0 aromatic carbocycles. The zero-order valence-corrected chi connectivity index (χ0v) is 5.16. The molecule has 0 saturated heterocycles. The molecule has 0 heterocycles. The van der Waals surface area contributed by atoms with E-state index in [4.69, 9.17) is 5.11 Å². The van der Waals surface area contributed by atoms with Crippen molar-refractivity contribution >= 4 is 0 Å². The fourth-order valence-corrected chi connectivity index (χ4v) is 0.484. The summed E-state index contributed by atoms with van der Waals surface area (Å²) in [4.78, 5) is 0. The van der Waals surface area contributed by atoms with E-state index in [9.17, 15) is 17.6 Å². The zero-order valence-electron chi connectivity index (χ0n) is 5.16. The number of halogens is 4. The van der Waals surface area contributed by atoms with Crippen molar-refractivity contribution in [1.82, 2.24) is 0 Å². The number of hydrogen-bond acceptors (Lipinski definition) is 1. The summed E-state index contributed by atoms with van der Waals surface area (Å²) in [6, 6.07) is 0. The summed E-state index contributed by atoms with van der Waals surface area (Å²) in [5.41, 5.74) is 0. The molecule has 0 aliphatic rings. The van der Waals surface area contributed by atoms with Crippen LogP contribution in [0.2, 0.25) is 0 Å². The maximum Gasteiger partial charge on any atom is 0.394 e. The summed E-state index contributed by atoms with van der Waals surface area (Å²) in [5, 5.41) is 8.06. The summed E-state index contributed by atoms with van der Waals surface area (Å²) < 4.78 is 46.2. The molecule has 0 bridgehead atoms. The lowest BCUT2D eigenvalue weighted by Gasteiger charge is -2.14. The van der Waals surface area contributed by atoms with Crippen molar-refractivity contribution in [3.63, 3.8) is 0 Å². The van der Waals surface area contributed by atoms with Crippen molar-refractivity contribution in [3.8, 4) is 0 Å². The molecule has 0 fully saturated rings. The van der Waals surface area contributed by atoms with Gasteiger partial charge in [-0.3, -0.25) is 4.39 Å². The Morgan fingerprint density at radius 3 is 1.90 bits per heavy atom. The first-order valence-electron chi connectivity index (χ1n) is 2.76. The van der Waals surface area contributed by atoms with Gasteiger partial charge in [0.15, 0.2) is 0 Å². The highest BCUT2D eigenvalue weighted by atomic mass is 19.4. The Hall–Kier alpha value is -0.320. The smallest absolute Gasteiger partial charge is 0.394 e. The van der Waals surface area contributed by atoms with E-state index in [0.29, 0.717) is 0 Å². The van der Waals surface area contributed by atoms with Gasteiger partial charge >= 0.3 is 6.18 Å². The van der Waals surface area contributed by atoms with Gasteiger partial charge in [-0.25, -0.2) is 0 Å². The molecule has 0 radical (unpaired) electrons. The predicted molar refractivity (Wildman–Crippen MR) is 27.2 cm³/mol. The first-order valence-corrected chi connectivity index (χ1v) is 2.76. The summed E-state index contributed by atoms with van der Waals surface area (Å²) in [6.07, 6.45) is -5.07. The third-order valence-corrected chi connectivity index (χ3v) is 1.13. The molecular weight excluding hydrogens is 152 g/mol. The first-order chi connectivity index (χ1) is 4.52. The van der Waals surface area contributed by atoms with Crippen molar-refractivity contribution in [1.29, 1.82) is 0 Å². The van der Waals surface area contributed by atoms with Gasteiger partial charge in [-0.15, -0.1) is 0 Å². The number of aliphatic hydroxyl groups excluding tert-OH is 1. The average Bonchev–Trinajstić information content (AvgIpc) is 1.80. The quantitative estimate of drug-likeness (QED) is 0.620. The lowest BCUT2D eigenvalue weighted by atomic mass is 10.1. The van der Waals surface area contributed by atoms with Crippen LogP contribution in [0.15, 0.2) is 0 Å². The molecule has 0 aliphatic heterocycles. The third-order valence-electron chi connectivity index (χ3n) is 1.13. The van der Waals surface area contributed by atoms with E-state index in [0.717, 1.165) is 0 Å². The van der Waals surface area contributed by atoms with Gasteiger partial charge in [0.05, 0.1) is 5.92 Å². The minimum atomic E-state index is -4.52. The Labute approximate surface area is 55.7 Å². The van der Waals surface area contributed by atoms with E-state index >= 15 is 0 Å². The number of alkyl halides is 4. The molecule has 1 atom stereocenters. The molecule has 0 amide bonds. The van der Waals surface area contributed by atoms with Crippen molar-refractivity contribution in [2.45, 2.75) is 12.6 Å². The average molecular weight is 160 g/mol. The van der Waals surface area contributed by atoms with Crippen LogP contribution in [0.25, 0.3) is 0 Å². The third kappa shape index (κ3) is 3.00. The molecule has 0 aliphatic carbocycles. The fourth-order valence-electron chi connectivity index (χ4n) is 0.484. The maximum absolute atomic E-state index is 11.6. The maximum atomic E-state index is 11.6.